The largest absolute Gasteiger partial charge is 0.349 e. The lowest BCUT2D eigenvalue weighted by atomic mass is 9.76. The summed E-state index contributed by atoms with van der Waals surface area (Å²) < 4.78 is 29.3. The van der Waals surface area contributed by atoms with Crippen molar-refractivity contribution in [1.29, 1.82) is 0 Å². The first kappa shape index (κ1) is 24.1. The number of fused-ring (bicyclic) bond motifs is 1. The van der Waals surface area contributed by atoms with Crippen molar-refractivity contribution in [3.63, 3.8) is 0 Å². The number of hydrogen-bond acceptors (Lipinski definition) is 3. The van der Waals surface area contributed by atoms with E-state index in [9.17, 15) is 18.4 Å². The van der Waals surface area contributed by atoms with Crippen LogP contribution in [0.2, 0.25) is 5.02 Å². The number of hydrogen-bond donors (Lipinski definition) is 1. The summed E-state index contributed by atoms with van der Waals surface area (Å²) in [7, 11) is 0. The van der Waals surface area contributed by atoms with Crippen LogP contribution in [0.15, 0.2) is 54.9 Å². The summed E-state index contributed by atoms with van der Waals surface area (Å²) in [6, 6.07) is 12.8. The van der Waals surface area contributed by atoms with E-state index < -0.39 is 6.43 Å². The Kier molecular flexibility index (Phi) is 6.23. The van der Waals surface area contributed by atoms with E-state index in [4.69, 9.17) is 11.6 Å². The minimum Gasteiger partial charge on any atom is -0.349 e. The van der Waals surface area contributed by atoms with Gasteiger partial charge in [-0.25, -0.2) is 8.78 Å². The third-order valence-corrected chi connectivity index (χ3v) is 8.08. The van der Waals surface area contributed by atoms with Crippen LogP contribution in [0.3, 0.4) is 0 Å². The molecule has 2 amide bonds. The van der Waals surface area contributed by atoms with Crippen LogP contribution in [0.5, 0.6) is 0 Å². The Hall–Kier alpha value is -3.26. The number of piperidine rings is 1. The van der Waals surface area contributed by atoms with Gasteiger partial charge in [-0.3, -0.25) is 14.3 Å². The lowest BCUT2D eigenvalue weighted by Crippen LogP contribution is -2.43. The van der Waals surface area contributed by atoms with E-state index in [-0.39, 0.29) is 42.4 Å². The second-order valence-corrected chi connectivity index (χ2v) is 10.9. The number of alkyl halides is 2. The van der Waals surface area contributed by atoms with Crippen molar-refractivity contribution in [3.05, 3.63) is 87.7 Å². The minimum absolute atomic E-state index is 0.0600. The molecule has 37 heavy (non-hydrogen) atoms. The van der Waals surface area contributed by atoms with Crippen LogP contribution in [0.25, 0.3) is 0 Å². The van der Waals surface area contributed by atoms with Crippen molar-refractivity contribution >= 4 is 23.4 Å². The van der Waals surface area contributed by atoms with Crippen molar-refractivity contribution in [2.45, 2.75) is 50.7 Å². The molecular weight excluding hydrogens is 498 g/mol. The number of amides is 2. The highest BCUT2D eigenvalue weighted by Crippen LogP contribution is 2.46. The van der Waals surface area contributed by atoms with Gasteiger partial charge in [-0.15, -0.1) is 0 Å². The Labute approximate surface area is 218 Å². The van der Waals surface area contributed by atoms with Gasteiger partial charge in [-0.05, 0) is 66.0 Å². The van der Waals surface area contributed by atoms with Crippen LogP contribution in [0.1, 0.15) is 64.2 Å². The molecule has 0 unspecified atom stereocenters. The zero-order valence-electron chi connectivity index (χ0n) is 20.1. The maximum Gasteiger partial charge on any atom is 0.264 e. The highest BCUT2D eigenvalue weighted by Gasteiger charge is 2.52. The molecular formula is C28H27ClF2N4O2. The molecule has 0 radical (unpaired) electrons. The molecule has 2 saturated carbocycles. The molecule has 6 rings (SSSR count). The topological polar surface area (TPSA) is 67.2 Å². The Morgan fingerprint density at radius 2 is 1.97 bits per heavy atom. The quantitative estimate of drug-likeness (QED) is 0.442. The molecule has 1 aromatic heterocycles. The molecule has 2 aliphatic carbocycles. The van der Waals surface area contributed by atoms with Crippen molar-refractivity contribution in [1.82, 2.24) is 20.0 Å². The Balaban J connectivity index is 1.06. The molecule has 6 nitrogen and oxygen atoms in total. The maximum absolute atomic E-state index is 13.8. The van der Waals surface area contributed by atoms with Gasteiger partial charge in [0.2, 0.25) is 5.91 Å². The lowest BCUT2D eigenvalue weighted by Gasteiger charge is -2.36. The minimum atomic E-state index is -2.64. The van der Waals surface area contributed by atoms with Crippen LogP contribution < -0.4 is 5.32 Å². The number of aromatic nitrogens is 2. The molecule has 3 aliphatic rings. The molecule has 0 bridgehead atoms. The SMILES string of the molecule is O=C(N[C@H]1C[C@@H](c2cccc(Cl)c2)C1)c1cnn(Cc2ccc(CN3C[C@H]4C[C@H]4C3=O)c(C(F)F)c2)c1. The second kappa shape index (κ2) is 9.56. The van der Waals surface area contributed by atoms with Crippen molar-refractivity contribution < 1.29 is 18.4 Å². The average Bonchev–Trinajstić information content (AvgIpc) is 3.34. The van der Waals surface area contributed by atoms with E-state index in [2.05, 4.69) is 16.5 Å². The normalized spacial score (nSPS) is 24.2. The molecule has 9 heteroatoms. The summed E-state index contributed by atoms with van der Waals surface area (Å²) in [5.74, 6) is 0.778. The maximum atomic E-state index is 13.8. The van der Waals surface area contributed by atoms with Gasteiger partial charge in [0.05, 0.1) is 18.3 Å². The van der Waals surface area contributed by atoms with Crippen LogP contribution in [0, 0.1) is 11.8 Å². The third-order valence-electron chi connectivity index (χ3n) is 7.85. The lowest BCUT2D eigenvalue weighted by molar-refractivity contribution is -0.130. The summed E-state index contributed by atoms with van der Waals surface area (Å²) in [4.78, 5) is 26.7. The van der Waals surface area contributed by atoms with Gasteiger partial charge in [0.25, 0.3) is 12.3 Å². The van der Waals surface area contributed by atoms with Gasteiger partial charge in [-0.2, -0.15) is 5.10 Å². The van der Waals surface area contributed by atoms with E-state index in [1.165, 1.54) is 17.8 Å². The van der Waals surface area contributed by atoms with Crippen LogP contribution >= 0.6 is 11.6 Å². The van der Waals surface area contributed by atoms with E-state index in [0.717, 1.165) is 19.3 Å². The molecule has 0 spiro atoms. The first-order valence-electron chi connectivity index (χ1n) is 12.6. The van der Waals surface area contributed by atoms with Gasteiger partial charge >= 0.3 is 0 Å². The number of carbonyl (C=O) groups excluding carboxylic acids is 2. The number of halogens is 3. The van der Waals surface area contributed by atoms with Gasteiger partial charge in [-0.1, -0.05) is 35.9 Å². The fraction of sp³-hybridized carbons (Fsp3) is 0.393. The molecule has 3 aromatic rings. The molecule has 3 fully saturated rings. The fourth-order valence-corrected chi connectivity index (χ4v) is 5.79. The number of benzene rings is 2. The smallest absolute Gasteiger partial charge is 0.264 e. The molecule has 192 valence electrons. The first-order valence-corrected chi connectivity index (χ1v) is 13.0. The Morgan fingerprint density at radius 1 is 1.14 bits per heavy atom. The van der Waals surface area contributed by atoms with E-state index in [1.54, 1.807) is 27.9 Å². The van der Waals surface area contributed by atoms with E-state index >= 15 is 0 Å². The van der Waals surface area contributed by atoms with Crippen molar-refractivity contribution in [2.75, 3.05) is 6.54 Å². The van der Waals surface area contributed by atoms with Gasteiger partial charge < -0.3 is 10.2 Å². The molecule has 1 saturated heterocycles. The second-order valence-electron chi connectivity index (χ2n) is 10.5. The highest BCUT2D eigenvalue weighted by atomic mass is 35.5. The molecule has 1 aliphatic heterocycles. The van der Waals surface area contributed by atoms with Crippen molar-refractivity contribution in [3.8, 4) is 0 Å². The molecule has 2 atom stereocenters. The van der Waals surface area contributed by atoms with Crippen LogP contribution in [-0.2, 0) is 17.9 Å². The molecule has 1 N–H and O–H groups in total. The standard InChI is InChI=1S/C28H27ClF2N4O2/c29-22-3-1-2-17(7-22)19-8-23(9-19)33-27(36)21-11-32-35(15-21)12-16-4-5-18(24(6-16)26(30)31)13-34-14-20-10-25(20)28(34)37/h1-7,11,15,19-20,23,25-26H,8-10,12-14H2,(H,33,36)/t19-,20-,23+,25-/m1/s1. The zero-order chi connectivity index (χ0) is 25.7. The summed E-state index contributed by atoms with van der Waals surface area (Å²) in [5.41, 5.74) is 2.69. The first-order chi connectivity index (χ1) is 17.8. The molecule has 2 aromatic carbocycles. The van der Waals surface area contributed by atoms with E-state index in [0.29, 0.717) is 40.1 Å². The fourth-order valence-electron chi connectivity index (χ4n) is 5.59. The van der Waals surface area contributed by atoms with Gasteiger partial charge in [0.1, 0.15) is 0 Å². The number of likely N-dealkylation sites (tertiary alicyclic amines) is 1. The predicted molar refractivity (Wildman–Crippen MR) is 134 cm³/mol. The zero-order valence-corrected chi connectivity index (χ0v) is 20.9. The third kappa shape index (κ3) is 4.99. The Morgan fingerprint density at radius 3 is 2.70 bits per heavy atom. The summed E-state index contributed by atoms with van der Waals surface area (Å²) in [6.45, 7) is 1.14. The highest BCUT2D eigenvalue weighted by molar-refractivity contribution is 6.30. The molecule has 2 heterocycles. The van der Waals surface area contributed by atoms with Gasteiger partial charge in [0.15, 0.2) is 0 Å². The average molecular weight is 525 g/mol. The summed E-state index contributed by atoms with van der Waals surface area (Å²) >= 11 is 6.08. The number of nitrogens with zero attached hydrogens (tertiary/aromatic N) is 3. The van der Waals surface area contributed by atoms with E-state index in [1.807, 2.05) is 18.2 Å². The number of nitrogens with one attached hydrogen (secondary N) is 1. The predicted octanol–water partition coefficient (Wildman–Crippen LogP) is 5.18. The van der Waals surface area contributed by atoms with Gasteiger partial charge in [0, 0.05) is 41.8 Å². The van der Waals surface area contributed by atoms with Crippen molar-refractivity contribution in [2.24, 2.45) is 11.8 Å². The Bertz CT molecular complexity index is 1350. The van der Waals surface area contributed by atoms with Crippen LogP contribution in [-0.4, -0.2) is 39.1 Å². The number of carbonyl (C=O) groups is 2. The summed E-state index contributed by atoms with van der Waals surface area (Å²) in [5, 5.41) is 8.02. The monoisotopic (exact) mass is 524 g/mol. The summed E-state index contributed by atoms with van der Waals surface area (Å²) in [6.07, 6.45) is 3.13. The number of rotatable bonds is 8. The van der Waals surface area contributed by atoms with Crippen LogP contribution in [0.4, 0.5) is 8.78 Å².